The topological polar surface area (TPSA) is 89.7 Å². The molecule has 0 fully saturated rings. The predicted molar refractivity (Wildman–Crippen MR) is 98.4 cm³/mol. The van der Waals surface area contributed by atoms with Crippen LogP contribution < -0.4 is 10.2 Å². The zero-order chi connectivity index (χ0) is 17.6. The molecule has 3 aromatic rings. The fraction of sp³-hybridized carbons (Fsp3) is 0.0588. The van der Waals surface area contributed by atoms with Gasteiger partial charge in [-0.1, -0.05) is 30.3 Å². The van der Waals surface area contributed by atoms with E-state index >= 15 is 0 Å². The smallest absolute Gasteiger partial charge is 0.311 e. The maximum atomic E-state index is 11.0. The standard InChI is InChI=1S/C17H14N4O3S/c1-24-16-8-7-12(9-15(16)21(22)23)10-18-20-17-19-14(11-25-17)13-5-3-2-4-6-13/h2-11H,1H3,(H,19,20)/b18-10+. The van der Waals surface area contributed by atoms with Gasteiger partial charge in [0.15, 0.2) is 5.75 Å². The number of hydrogen-bond donors (Lipinski definition) is 1. The van der Waals surface area contributed by atoms with E-state index in [1.165, 1.54) is 36.8 Å². The Morgan fingerprint density at radius 2 is 2.08 bits per heavy atom. The molecule has 1 N–H and O–H groups in total. The maximum absolute atomic E-state index is 11.0. The van der Waals surface area contributed by atoms with Gasteiger partial charge < -0.3 is 4.74 Å². The zero-order valence-corrected chi connectivity index (χ0v) is 14.1. The van der Waals surface area contributed by atoms with Crippen molar-refractivity contribution in [1.82, 2.24) is 4.98 Å². The van der Waals surface area contributed by atoms with Gasteiger partial charge in [-0.3, -0.25) is 15.5 Å². The monoisotopic (exact) mass is 354 g/mol. The molecule has 0 aliphatic heterocycles. The van der Waals surface area contributed by atoms with Gasteiger partial charge in [0.25, 0.3) is 0 Å². The van der Waals surface area contributed by atoms with Crippen LogP contribution in [-0.2, 0) is 0 Å². The van der Waals surface area contributed by atoms with Crippen LogP contribution in [0.5, 0.6) is 5.75 Å². The molecule has 25 heavy (non-hydrogen) atoms. The van der Waals surface area contributed by atoms with E-state index in [-0.39, 0.29) is 11.4 Å². The predicted octanol–water partition coefficient (Wildman–Crippen LogP) is 4.17. The van der Waals surface area contributed by atoms with Crippen LogP contribution in [0.2, 0.25) is 0 Å². The van der Waals surface area contributed by atoms with Crippen LogP contribution in [0.4, 0.5) is 10.8 Å². The zero-order valence-electron chi connectivity index (χ0n) is 13.2. The highest BCUT2D eigenvalue weighted by Gasteiger charge is 2.14. The molecular formula is C17H14N4O3S. The van der Waals surface area contributed by atoms with E-state index in [1.54, 1.807) is 6.07 Å². The number of hydrogen-bond acceptors (Lipinski definition) is 7. The first-order valence-electron chi connectivity index (χ1n) is 7.30. The Morgan fingerprint density at radius 1 is 1.28 bits per heavy atom. The molecule has 2 aromatic carbocycles. The number of methoxy groups -OCH3 is 1. The Labute approximate surface area is 147 Å². The first-order chi connectivity index (χ1) is 12.2. The van der Waals surface area contributed by atoms with Gasteiger partial charge in [-0.2, -0.15) is 5.10 Å². The summed E-state index contributed by atoms with van der Waals surface area (Å²) < 4.78 is 4.97. The minimum atomic E-state index is -0.490. The van der Waals surface area contributed by atoms with Gasteiger partial charge in [-0.25, -0.2) is 4.98 Å². The van der Waals surface area contributed by atoms with Gasteiger partial charge in [-0.05, 0) is 12.1 Å². The Morgan fingerprint density at radius 3 is 2.80 bits per heavy atom. The van der Waals surface area contributed by atoms with E-state index in [0.29, 0.717) is 10.7 Å². The second kappa shape index (κ2) is 7.54. The molecule has 8 heteroatoms. The van der Waals surface area contributed by atoms with Crippen molar-refractivity contribution >= 4 is 28.4 Å². The largest absolute Gasteiger partial charge is 0.490 e. The molecule has 7 nitrogen and oxygen atoms in total. The highest BCUT2D eigenvalue weighted by molar-refractivity contribution is 7.14. The third-order valence-corrected chi connectivity index (χ3v) is 4.09. The van der Waals surface area contributed by atoms with Crippen molar-refractivity contribution in [2.75, 3.05) is 12.5 Å². The molecule has 126 valence electrons. The van der Waals surface area contributed by atoms with E-state index in [0.717, 1.165) is 11.3 Å². The number of nitrogens with one attached hydrogen (secondary N) is 1. The molecule has 0 aliphatic carbocycles. The van der Waals surface area contributed by atoms with Gasteiger partial charge in [0.1, 0.15) is 0 Å². The average Bonchev–Trinajstić information content (AvgIpc) is 3.11. The molecule has 0 unspecified atom stereocenters. The second-order valence-electron chi connectivity index (χ2n) is 4.96. The highest BCUT2D eigenvalue weighted by Crippen LogP contribution is 2.27. The second-order valence-corrected chi connectivity index (χ2v) is 5.82. The number of nitro groups is 1. The van der Waals surface area contributed by atoms with Crippen LogP contribution in [0.3, 0.4) is 0 Å². The molecular weight excluding hydrogens is 340 g/mol. The van der Waals surface area contributed by atoms with E-state index < -0.39 is 4.92 Å². The van der Waals surface area contributed by atoms with Crippen molar-refractivity contribution < 1.29 is 9.66 Å². The minimum absolute atomic E-state index is 0.105. The normalized spacial score (nSPS) is 10.8. The summed E-state index contributed by atoms with van der Waals surface area (Å²) in [5.41, 5.74) is 5.21. The van der Waals surface area contributed by atoms with Gasteiger partial charge in [0, 0.05) is 22.6 Å². The van der Waals surface area contributed by atoms with Crippen LogP contribution in [0.15, 0.2) is 59.0 Å². The number of aromatic nitrogens is 1. The minimum Gasteiger partial charge on any atom is -0.490 e. The molecule has 0 spiro atoms. The molecule has 3 rings (SSSR count). The lowest BCUT2D eigenvalue weighted by Gasteiger charge is -2.01. The Hall–Kier alpha value is -3.26. The summed E-state index contributed by atoms with van der Waals surface area (Å²) in [7, 11) is 1.39. The Kier molecular flexibility index (Phi) is 5.00. The van der Waals surface area contributed by atoms with Crippen LogP contribution in [0.1, 0.15) is 5.56 Å². The van der Waals surface area contributed by atoms with Gasteiger partial charge >= 0.3 is 5.69 Å². The number of nitrogens with zero attached hydrogens (tertiary/aromatic N) is 3. The SMILES string of the molecule is COc1ccc(/C=N/Nc2nc(-c3ccccc3)cs2)cc1[N+](=O)[O-]. The van der Waals surface area contributed by atoms with Crippen molar-refractivity contribution in [2.45, 2.75) is 0 Å². The molecule has 0 saturated carbocycles. The molecule has 0 atom stereocenters. The number of benzene rings is 2. The lowest BCUT2D eigenvalue weighted by Crippen LogP contribution is -1.96. The highest BCUT2D eigenvalue weighted by atomic mass is 32.1. The summed E-state index contributed by atoms with van der Waals surface area (Å²) in [6.45, 7) is 0. The van der Waals surface area contributed by atoms with Crippen molar-refractivity contribution in [1.29, 1.82) is 0 Å². The quantitative estimate of drug-likeness (QED) is 0.407. The van der Waals surface area contributed by atoms with Crippen LogP contribution in [0, 0.1) is 10.1 Å². The average molecular weight is 354 g/mol. The summed E-state index contributed by atoms with van der Waals surface area (Å²) in [5, 5.41) is 17.7. The number of rotatable bonds is 6. The summed E-state index contributed by atoms with van der Waals surface area (Å²) in [6.07, 6.45) is 1.50. The van der Waals surface area contributed by atoms with E-state index in [4.69, 9.17) is 4.74 Å². The van der Waals surface area contributed by atoms with E-state index in [2.05, 4.69) is 15.5 Å². The van der Waals surface area contributed by atoms with Gasteiger partial charge in [-0.15, -0.1) is 11.3 Å². The number of anilines is 1. The molecule has 0 aliphatic rings. The molecule has 0 bridgehead atoms. The molecule has 0 saturated heterocycles. The molecule has 1 aromatic heterocycles. The van der Waals surface area contributed by atoms with Crippen molar-refractivity contribution in [3.63, 3.8) is 0 Å². The van der Waals surface area contributed by atoms with Crippen LogP contribution in [0.25, 0.3) is 11.3 Å². The first kappa shape index (κ1) is 16.6. The van der Waals surface area contributed by atoms with E-state index in [9.17, 15) is 10.1 Å². The van der Waals surface area contributed by atoms with Crippen LogP contribution >= 0.6 is 11.3 Å². The third kappa shape index (κ3) is 3.99. The fourth-order valence-corrected chi connectivity index (χ4v) is 2.83. The lowest BCUT2D eigenvalue weighted by molar-refractivity contribution is -0.385. The number of hydrazone groups is 1. The summed E-state index contributed by atoms with van der Waals surface area (Å²) in [6, 6.07) is 14.5. The van der Waals surface area contributed by atoms with Gasteiger partial charge in [0.2, 0.25) is 5.13 Å². The Balaban J connectivity index is 1.71. The van der Waals surface area contributed by atoms with Gasteiger partial charge in [0.05, 0.1) is 23.9 Å². The fourth-order valence-electron chi connectivity index (χ4n) is 2.16. The Bertz CT molecular complexity index is 909. The van der Waals surface area contributed by atoms with Crippen LogP contribution in [-0.4, -0.2) is 23.2 Å². The van der Waals surface area contributed by atoms with E-state index in [1.807, 2.05) is 35.7 Å². The number of nitro benzene ring substituents is 1. The maximum Gasteiger partial charge on any atom is 0.311 e. The molecule has 1 heterocycles. The third-order valence-electron chi connectivity index (χ3n) is 3.35. The van der Waals surface area contributed by atoms with Crippen molar-refractivity contribution in [3.8, 4) is 17.0 Å². The summed E-state index contributed by atoms with van der Waals surface area (Å²) in [5.74, 6) is 0.211. The number of ether oxygens (including phenoxy) is 1. The molecule has 0 radical (unpaired) electrons. The van der Waals surface area contributed by atoms with Crippen molar-refractivity contribution in [3.05, 3.63) is 69.6 Å². The summed E-state index contributed by atoms with van der Waals surface area (Å²) in [4.78, 5) is 15.0. The summed E-state index contributed by atoms with van der Waals surface area (Å²) >= 11 is 1.43. The molecule has 0 amide bonds. The first-order valence-corrected chi connectivity index (χ1v) is 8.18. The number of thiazole rings is 1. The lowest BCUT2D eigenvalue weighted by atomic mass is 10.2. The van der Waals surface area contributed by atoms with Crippen molar-refractivity contribution in [2.24, 2.45) is 5.10 Å².